The molecule has 94 valence electrons. The van der Waals surface area contributed by atoms with Gasteiger partial charge in [-0.25, -0.2) is 8.42 Å². The maximum absolute atomic E-state index is 11.3. The Bertz CT molecular complexity index is 319. The first-order valence-electron chi connectivity index (χ1n) is 5.94. The minimum Gasteiger partial charge on any atom is -0.316 e. The van der Waals surface area contributed by atoms with E-state index in [2.05, 4.69) is 10.2 Å². The highest BCUT2D eigenvalue weighted by atomic mass is 32.2. The second-order valence-corrected chi connectivity index (χ2v) is 6.80. The number of rotatable bonds is 4. The molecular weight excluding hydrogens is 226 g/mol. The summed E-state index contributed by atoms with van der Waals surface area (Å²) in [6.07, 6.45) is 2.54. The lowest BCUT2D eigenvalue weighted by Gasteiger charge is -2.35. The standard InChI is InChI=1S/C10H21N3O2S/c1-16(14,15)13-6-4-12(5-7-13)3-2-10-8-11-9-10/h10-11H,2-9H2,1H3. The molecule has 2 saturated heterocycles. The zero-order valence-electron chi connectivity index (χ0n) is 9.85. The molecule has 2 heterocycles. The number of hydrogen-bond acceptors (Lipinski definition) is 4. The number of piperazine rings is 1. The van der Waals surface area contributed by atoms with E-state index >= 15 is 0 Å². The van der Waals surface area contributed by atoms with Crippen molar-refractivity contribution in [3.63, 3.8) is 0 Å². The van der Waals surface area contributed by atoms with Crippen molar-refractivity contribution in [1.29, 1.82) is 0 Å². The summed E-state index contributed by atoms with van der Waals surface area (Å²) in [5, 5.41) is 3.27. The van der Waals surface area contributed by atoms with Crippen molar-refractivity contribution >= 4 is 10.0 Å². The molecule has 2 fully saturated rings. The maximum atomic E-state index is 11.3. The van der Waals surface area contributed by atoms with E-state index in [1.807, 2.05) is 0 Å². The van der Waals surface area contributed by atoms with Gasteiger partial charge >= 0.3 is 0 Å². The van der Waals surface area contributed by atoms with Gasteiger partial charge < -0.3 is 10.2 Å². The monoisotopic (exact) mass is 247 g/mol. The molecule has 0 spiro atoms. The molecule has 6 heteroatoms. The fourth-order valence-electron chi connectivity index (χ4n) is 2.20. The summed E-state index contributed by atoms with van der Waals surface area (Å²) in [7, 11) is -2.98. The number of nitrogens with one attached hydrogen (secondary N) is 1. The van der Waals surface area contributed by atoms with Crippen LogP contribution in [0.15, 0.2) is 0 Å². The van der Waals surface area contributed by atoms with Gasteiger partial charge in [0.15, 0.2) is 0 Å². The van der Waals surface area contributed by atoms with Gasteiger partial charge in [0, 0.05) is 26.2 Å². The molecule has 2 rings (SSSR count). The van der Waals surface area contributed by atoms with E-state index in [0.29, 0.717) is 13.1 Å². The Labute approximate surface area is 97.8 Å². The van der Waals surface area contributed by atoms with Gasteiger partial charge in [-0.15, -0.1) is 0 Å². The lowest BCUT2D eigenvalue weighted by molar-refractivity contribution is 0.169. The first-order chi connectivity index (χ1) is 7.55. The lowest BCUT2D eigenvalue weighted by Crippen LogP contribution is -2.50. The minimum atomic E-state index is -2.98. The van der Waals surface area contributed by atoms with Crippen LogP contribution in [0, 0.1) is 5.92 Å². The van der Waals surface area contributed by atoms with Crippen LogP contribution >= 0.6 is 0 Å². The van der Waals surface area contributed by atoms with Crippen molar-refractivity contribution in [1.82, 2.24) is 14.5 Å². The Morgan fingerprint density at radius 2 is 1.81 bits per heavy atom. The molecule has 0 amide bonds. The van der Waals surface area contributed by atoms with Gasteiger partial charge in [0.05, 0.1) is 6.26 Å². The van der Waals surface area contributed by atoms with Gasteiger partial charge in [-0.3, -0.25) is 0 Å². The van der Waals surface area contributed by atoms with Gasteiger partial charge in [0.25, 0.3) is 0 Å². The molecule has 0 radical (unpaired) electrons. The van der Waals surface area contributed by atoms with E-state index in [1.54, 1.807) is 4.31 Å². The van der Waals surface area contributed by atoms with Crippen molar-refractivity contribution in [3.05, 3.63) is 0 Å². The second-order valence-electron chi connectivity index (χ2n) is 4.82. The molecule has 0 aliphatic carbocycles. The van der Waals surface area contributed by atoms with E-state index < -0.39 is 10.0 Å². The quantitative estimate of drug-likeness (QED) is 0.705. The van der Waals surface area contributed by atoms with Crippen LogP contribution < -0.4 is 5.32 Å². The smallest absolute Gasteiger partial charge is 0.211 e. The molecule has 5 nitrogen and oxygen atoms in total. The van der Waals surface area contributed by atoms with Crippen LogP contribution in [0.2, 0.25) is 0 Å². The summed E-state index contributed by atoms with van der Waals surface area (Å²) < 4.78 is 24.2. The highest BCUT2D eigenvalue weighted by Crippen LogP contribution is 2.11. The summed E-state index contributed by atoms with van der Waals surface area (Å²) in [5.74, 6) is 0.841. The van der Waals surface area contributed by atoms with E-state index in [9.17, 15) is 8.42 Å². The molecule has 0 aromatic carbocycles. The molecule has 0 bridgehead atoms. The molecule has 0 aromatic rings. The average molecular weight is 247 g/mol. The van der Waals surface area contributed by atoms with Crippen LogP contribution in [-0.4, -0.2) is 69.7 Å². The molecule has 0 saturated carbocycles. The van der Waals surface area contributed by atoms with E-state index in [-0.39, 0.29) is 0 Å². The van der Waals surface area contributed by atoms with Gasteiger partial charge in [-0.1, -0.05) is 0 Å². The molecule has 0 unspecified atom stereocenters. The first-order valence-corrected chi connectivity index (χ1v) is 7.79. The highest BCUT2D eigenvalue weighted by molar-refractivity contribution is 7.88. The third-order valence-electron chi connectivity index (χ3n) is 3.52. The Morgan fingerprint density at radius 3 is 2.25 bits per heavy atom. The predicted molar refractivity (Wildman–Crippen MR) is 63.8 cm³/mol. The van der Waals surface area contributed by atoms with E-state index in [4.69, 9.17) is 0 Å². The summed E-state index contributed by atoms with van der Waals surface area (Å²) in [6.45, 7) is 6.50. The van der Waals surface area contributed by atoms with Crippen molar-refractivity contribution in [2.75, 3.05) is 52.1 Å². The summed E-state index contributed by atoms with van der Waals surface area (Å²) in [5.41, 5.74) is 0. The van der Waals surface area contributed by atoms with E-state index in [1.165, 1.54) is 12.7 Å². The van der Waals surface area contributed by atoms with Crippen molar-refractivity contribution < 1.29 is 8.42 Å². The third-order valence-corrected chi connectivity index (χ3v) is 4.82. The van der Waals surface area contributed by atoms with Gasteiger partial charge in [-0.2, -0.15) is 4.31 Å². The SMILES string of the molecule is CS(=O)(=O)N1CCN(CCC2CNC2)CC1. The van der Waals surface area contributed by atoms with Crippen LogP contribution in [-0.2, 0) is 10.0 Å². The number of hydrogen-bond donors (Lipinski definition) is 1. The Kier molecular flexibility index (Phi) is 3.84. The fourth-order valence-corrected chi connectivity index (χ4v) is 3.03. The number of nitrogens with zero attached hydrogens (tertiary/aromatic N) is 2. The third kappa shape index (κ3) is 3.16. The van der Waals surface area contributed by atoms with Crippen LogP contribution in [0.1, 0.15) is 6.42 Å². The van der Waals surface area contributed by atoms with Crippen LogP contribution in [0.4, 0.5) is 0 Å². The normalized spacial score (nSPS) is 25.6. The Balaban J connectivity index is 1.68. The van der Waals surface area contributed by atoms with Crippen molar-refractivity contribution in [3.8, 4) is 0 Å². The van der Waals surface area contributed by atoms with E-state index in [0.717, 1.165) is 38.6 Å². The molecule has 0 aromatic heterocycles. The van der Waals surface area contributed by atoms with Crippen LogP contribution in [0.3, 0.4) is 0 Å². The van der Waals surface area contributed by atoms with Crippen molar-refractivity contribution in [2.45, 2.75) is 6.42 Å². The molecule has 2 aliphatic rings. The minimum absolute atomic E-state index is 0.655. The van der Waals surface area contributed by atoms with Crippen LogP contribution in [0.25, 0.3) is 0 Å². The van der Waals surface area contributed by atoms with Gasteiger partial charge in [0.1, 0.15) is 0 Å². The average Bonchev–Trinajstić information content (AvgIpc) is 2.15. The predicted octanol–water partition coefficient (Wildman–Crippen LogP) is -0.827. The van der Waals surface area contributed by atoms with Gasteiger partial charge in [-0.05, 0) is 32.0 Å². The molecule has 0 atom stereocenters. The summed E-state index contributed by atoms with van der Waals surface area (Å²) in [6, 6.07) is 0. The molecule has 1 N–H and O–H groups in total. The molecule has 16 heavy (non-hydrogen) atoms. The highest BCUT2D eigenvalue weighted by Gasteiger charge is 2.24. The molecule has 2 aliphatic heterocycles. The zero-order valence-corrected chi connectivity index (χ0v) is 10.7. The summed E-state index contributed by atoms with van der Waals surface area (Å²) in [4.78, 5) is 2.38. The zero-order chi connectivity index (χ0) is 11.6. The summed E-state index contributed by atoms with van der Waals surface area (Å²) >= 11 is 0. The maximum Gasteiger partial charge on any atom is 0.211 e. The second kappa shape index (κ2) is 5.00. The largest absolute Gasteiger partial charge is 0.316 e. The van der Waals surface area contributed by atoms with Crippen LogP contribution in [0.5, 0.6) is 0 Å². The van der Waals surface area contributed by atoms with Crippen molar-refractivity contribution in [2.24, 2.45) is 5.92 Å². The fraction of sp³-hybridized carbons (Fsp3) is 1.00. The number of sulfonamides is 1. The Hall–Kier alpha value is -0.170. The molecular formula is C10H21N3O2S. The Morgan fingerprint density at radius 1 is 1.19 bits per heavy atom. The lowest BCUT2D eigenvalue weighted by atomic mass is 9.99. The van der Waals surface area contributed by atoms with Gasteiger partial charge in [0.2, 0.25) is 10.0 Å². The first kappa shape index (κ1) is 12.3. The topological polar surface area (TPSA) is 52.7 Å².